The van der Waals surface area contributed by atoms with Crippen LogP contribution in [0.1, 0.15) is 24.6 Å². The van der Waals surface area contributed by atoms with E-state index in [9.17, 15) is 14.7 Å². The quantitative estimate of drug-likeness (QED) is 0.464. The number of nitrogens with one attached hydrogen (secondary N) is 1. The molecule has 1 aromatic rings. The van der Waals surface area contributed by atoms with E-state index in [0.29, 0.717) is 18.4 Å². The summed E-state index contributed by atoms with van der Waals surface area (Å²) in [7, 11) is 0. The van der Waals surface area contributed by atoms with Crippen LogP contribution in [-0.2, 0) is 4.74 Å². The maximum absolute atomic E-state index is 11.8. The van der Waals surface area contributed by atoms with Crippen LogP contribution in [0.4, 0.5) is 0 Å². The summed E-state index contributed by atoms with van der Waals surface area (Å²) in [6.07, 6.45) is 0.918. The molecule has 0 bridgehead atoms. The Kier molecular flexibility index (Phi) is 4.23. The van der Waals surface area contributed by atoms with Crippen molar-refractivity contribution in [2.24, 2.45) is 5.11 Å². The van der Waals surface area contributed by atoms with Gasteiger partial charge in [0.1, 0.15) is 6.23 Å². The summed E-state index contributed by atoms with van der Waals surface area (Å²) < 4.78 is 6.83. The molecule has 2 heterocycles. The molecule has 0 unspecified atom stereocenters. The monoisotopic (exact) mass is 281 g/mol. The van der Waals surface area contributed by atoms with Crippen LogP contribution in [0.3, 0.4) is 0 Å². The summed E-state index contributed by atoms with van der Waals surface area (Å²) in [6.45, 7) is 1.34. The van der Waals surface area contributed by atoms with E-state index in [1.54, 1.807) is 6.92 Å². The highest BCUT2D eigenvalue weighted by molar-refractivity contribution is 5.01. The number of aliphatic hydroxyl groups is 1. The van der Waals surface area contributed by atoms with Gasteiger partial charge in [0.2, 0.25) is 0 Å². The zero-order chi connectivity index (χ0) is 14.7. The molecule has 3 atom stereocenters. The first-order valence-corrected chi connectivity index (χ1v) is 6.17. The van der Waals surface area contributed by atoms with Gasteiger partial charge in [-0.05, 0) is 18.9 Å². The Morgan fingerprint density at radius 3 is 3.00 bits per heavy atom. The summed E-state index contributed by atoms with van der Waals surface area (Å²) in [5, 5.41) is 12.8. The predicted molar refractivity (Wildman–Crippen MR) is 69.2 cm³/mol. The van der Waals surface area contributed by atoms with Gasteiger partial charge in [0.05, 0.1) is 12.7 Å². The number of aryl methyl sites for hydroxylation is 1. The molecule has 0 aliphatic carbocycles. The zero-order valence-electron chi connectivity index (χ0n) is 10.9. The Balaban J connectivity index is 2.35. The SMILES string of the molecule is Cc1cn([C@H]2C[C@@H](N=[N+]=[N-])C[C@@H](CO)O2)c(=O)[nH]c1=O. The second-order valence-corrected chi connectivity index (χ2v) is 4.70. The first-order chi connectivity index (χ1) is 9.55. The Morgan fingerprint density at radius 1 is 1.60 bits per heavy atom. The number of azide groups is 1. The summed E-state index contributed by atoms with van der Waals surface area (Å²) >= 11 is 0. The van der Waals surface area contributed by atoms with Crippen LogP contribution >= 0.6 is 0 Å². The van der Waals surface area contributed by atoms with Gasteiger partial charge in [-0.2, -0.15) is 0 Å². The normalized spacial score (nSPS) is 26.0. The number of aromatic amines is 1. The molecule has 1 fully saturated rings. The lowest BCUT2D eigenvalue weighted by Gasteiger charge is -2.33. The lowest BCUT2D eigenvalue weighted by atomic mass is 10.0. The van der Waals surface area contributed by atoms with Gasteiger partial charge < -0.3 is 9.84 Å². The Bertz CT molecular complexity index is 645. The lowest BCUT2D eigenvalue weighted by Crippen LogP contribution is -2.41. The van der Waals surface area contributed by atoms with Crippen LogP contribution in [0, 0.1) is 6.92 Å². The van der Waals surface area contributed by atoms with Gasteiger partial charge in [0.15, 0.2) is 0 Å². The van der Waals surface area contributed by atoms with E-state index in [4.69, 9.17) is 10.3 Å². The van der Waals surface area contributed by atoms with Crippen molar-refractivity contribution < 1.29 is 9.84 Å². The van der Waals surface area contributed by atoms with E-state index < -0.39 is 23.6 Å². The smallest absolute Gasteiger partial charge is 0.330 e. The average molecular weight is 281 g/mol. The molecule has 1 aliphatic heterocycles. The summed E-state index contributed by atoms with van der Waals surface area (Å²) in [5.74, 6) is 0. The van der Waals surface area contributed by atoms with E-state index in [-0.39, 0.29) is 12.6 Å². The van der Waals surface area contributed by atoms with Crippen molar-refractivity contribution >= 4 is 0 Å². The van der Waals surface area contributed by atoms with Gasteiger partial charge in [-0.3, -0.25) is 14.3 Å². The van der Waals surface area contributed by atoms with Crippen LogP contribution in [-0.4, -0.2) is 33.4 Å². The molecule has 108 valence electrons. The van der Waals surface area contributed by atoms with Gasteiger partial charge in [0.25, 0.3) is 5.56 Å². The maximum atomic E-state index is 11.8. The van der Waals surface area contributed by atoms with Crippen molar-refractivity contribution in [3.63, 3.8) is 0 Å². The first-order valence-electron chi connectivity index (χ1n) is 6.17. The average Bonchev–Trinajstić information content (AvgIpc) is 2.42. The molecule has 9 heteroatoms. The van der Waals surface area contributed by atoms with Gasteiger partial charge >= 0.3 is 5.69 Å². The molecule has 1 aromatic heterocycles. The number of aliphatic hydroxyl groups excluding tert-OH is 1. The second-order valence-electron chi connectivity index (χ2n) is 4.70. The van der Waals surface area contributed by atoms with E-state index in [1.807, 2.05) is 0 Å². The fourth-order valence-corrected chi connectivity index (χ4v) is 2.23. The van der Waals surface area contributed by atoms with Crippen molar-refractivity contribution in [2.45, 2.75) is 38.1 Å². The molecule has 0 radical (unpaired) electrons. The highest BCUT2D eigenvalue weighted by Gasteiger charge is 2.30. The molecule has 0 aromatic carbocycles. The van der Waals surface area contributed by atoms with Gasteiger partial charge in [-0.15, -0.1) is 0 Å². The van der Waals surface area contributed by atoms with Crippen molar-refractivity contribution in [1.82, 2.24) is 9.55 Å². The molecule has 0 saturated carbocycles. The van der Waals surface area contributed by atoms with Crippen LogP contribution in [0.15, 0.2) is 20.9 Å². The molecule has 2 rings (SSSR count). The van der Waals surface area contributed by atoms with E-state index in [0.717, 1.165) is 0 Å². The second kappa shape index (κ2) is 5.91. The van der Waals surface area contributed by atoms with Crippen molar-refractivity contribution in [3.05, 3.63) is 43.0 Å². The maximum Gasteiger partial charge on any atom is 0.330 e. The third-order valence-electron chi connectivity index (χ3n) is 3.23. The topological polar surface area (TPSA) is 133 Å². The predicted octanol–water partition coefficient (Wildman–Crippen LogP) is 0.194. The number of H-pyrrole nitrogens is 1. The van der Waals surface area contributed by atoms with Crippen molar-refractivity contribution in [2.75, 3.05) is 6.61 Å². The molecule has 20 heavy (non-hydrogen) atoms. The van der Waals surface area contributed by atoms with Crippen molar-refractivity contribution in [3.8, 4) is 0 Å². The number of nitrogens with zero attached hydrogens (tertiary/aromatic N) is 4. The number of aromatic nitrogens is 2. The summed E-state index contributed by atoms with van der Waals surface area (Å²) in [4.78, 5) is 28.1. The molecule has 0 spiro atoms. The number of rotatable bonds is 3. The Labute approximate surface area is 113 Å². The molecule has 2 N–H and O–H groups in total. The number of hydrogen-bond acceptors (Lipinski definition) is 5. The fourth-order valence-electron chi connectivity index (χ4n) is 2.23. The summed E-state index contributed by atoms with van der Waals surface area (Å²) in [6, 6.07) is -0.366. The Morgan fingerprint density at radius 2 is 2.35 bits per heavy atom. The van der Waals surface area contributed by atoms with Gasteiger partial charge in [-0.1, -0.05) is 5.11 Å². The zero-order valence-corrected chi connectivity index (χ0v) is 10.9. The van der Waals surface area contributed by atoms with Crippen LogP contribution < -0.4 is 11.2 Å². The molecule has 0 amide bonds. The fraction of sp³-hybridized carbons (Fsp3) is 0.636. The van der Waals surface area contributed by atoms with Crippen molar-refractivity contribution in [1.29, 1.82) is 0 Å². The third-order valence-corrected chi connectivity index (χ3v) is 3.23. The number of ether oxygens (including phenoxy) is 1. The first kappa shape index (κ1) is 14.3. The Hall–Kier alpha value is -2.09. The highest BCUT2D eigenvalue weighted by atomic mass is 16.5. The number of hydrogen-bond donors (Lipinski definition) is 2. The summed E-state index contributed by atoms with van der Waals surface area (Å²) in [5.41, 5.74) is 7.84. The minimum atomic E-state index is -0.681. The molecule has 9 nitrogen and oxygen atoms in total. The van der Waals surface area contributed by atoms with Gasteiger partial charge in [-0.25, -0.2) is 4.79 Å². The van der Waals surface area contributed by atoms with Crippen LogP contribution in [0.5, 0.6) is 0 Å². The lowest BCUT2D eigenvalue weighted by molar-refractivity contribution is -0.114. The minimum Gasteiger partial charge on any atom is -0.394 e. The largest absolute Gasteiger partial charge is 0.394 e. The molecule has 1 saturated heterocycles. The highest BCUT2D eigenvalue weighted by Crippen LogP contribution is 2.28. The van der Waals surface area contributed by atoms with Crippen LogP contribution in [0.2, 0.25) is 0 Å². The molecule has 1 aliphatic rings. The van der Waals surface area contributed by atoms with Gasteiger partial charge in [0, 0.05) is 29.1 Å². The van der Waals surface area contributed by atoms with E-state index in [1.165, 1.54) is 10.8 Å². The van der Waals surface area contributed by atoms with E-state index in [2.05, 4.69) is 15.0 Å². The minimum absolute atomic E-state index is 0.231. The molecular weight excluding hydrogens is 266 g/mol. The molecular formula is C11H15N5O4. The third kappa shape index (κ3) is 2.90. The standard InChI is InChI=1S/C11H15N5O4/c1-6-4-16(11(19)13-10(6)18)9-3-7(14-15-12)2-8(5-17)20-9/h4,7-9,17H,2-3,5H2,1H3,(H,13,18,19)/t7-,8-,9+/m0/s1. The van der Waals surface area contributed by atoms with Crippen LogP contribution in [0.25, 0.3) is 10.4 Å². The van der Waals surface area contributed by atoms with E-state index >= 15 is 0 Å².